The third-order valence-corrected chi connectivity index (χ3v) is 4.78. The van der Waals surface area contributed by atoms with Crippen molar-refractivity contribution in [2.45, 2.75) is 33.4 Å². The average molecular weight is 389 g/mol. The highest BCUT2D eigenvalue weighted by molar-refractivity contribution is 6.31. The highest BCUT2D eigenvalue weighted by atomic mass is 35.5. The molecule has 1 N–H and O–H groups in total. The van der Waals surface area contributed by atoms with Gasteiger partial charge in [-0.05, 0) is 49.6 Å². The maximum Gasteiger partial charge on any atom is 0.261 e. The molecule has 0 aliphatic rings. The van der Waals surface area contributed by atoms with Crippen LogP contribution in [0.5, 0.6) is 5.75 Å². The first-order valence-corrected chi connectivity index (χ1v) is 9.15. The number of likely N-dealkylation sites (N-methyl/N-ethyl adjacent to an activating group) is 1. The van der Waals surface area contributed by atoms with Crippen LogP contribution in [0.25, 0.3) is 0 Å². The number of carbonyl (C=O) groups excluding carboxylic acids is 2. The number of nitrogens with one attached hydrogen (secondary N) is 1. The molecule has 1 atom stereocenters. The standard InChI is InChI=1S/C21H25ClN2O3/c1-14-9-10-15(2)19(11-14)27-13-20(25)24(16(3)21(26)23-4)12-17-7-5-6-8-18(17)22/h5-11,16H,12-13H2,1-4H3,(H,23,26). The molecule has 2 amide bonds. The summed E-state index contributed by atoms with van der Waals surface area (Å²) in [4.78, 5) is 26.5. The van der Waals surface area contributed by atoms with E-state index >= 15 is 0 Å². The molecule has 0 saturated carbocycles. The van der Waals surface area contributed by atoms with Crippen LogP contribution < -0.4 is 10.1 Å². The van der Waals surface area contributed by atoms with Crippen molar-refractivity contribution < 1.29 is 14.3 Å². The van der Waals surface area contributed by atoms with Gasteiger partial charge in [-0.25, -0.2) is 0 Å². The van der Waals surface area contributed by atoms with Gasteiger partial charge in [0.15, 0.2) is 6.61 Å². The molecule has 0 fully saturated rings. The molecule has 0 aliphatic carbocycles. The van der Waals surface area contributed by atoms with Crippen LogP contribution in [-0.4, -0.2) is 36.4 Å². The molecule has 144 valence electrons. The Bertz CT molecular complexity index is 823. The topological polar surface area (TPSA) is 58.6 Å². The van der Waals surface area contributed by atoms with Crippen molar-refractivity contribution in [1.82, 2.24) is 10.2 Å². The van der Waals surface area contributed by atoms with Crippen LogP contribution >= 0.6 is 11.6 Å². The molecular formula is C21H25ClN2O3. The second-order valence-corrected chi connectivity index (χ2v) is 6.87. The Morgan fingerprint density at radius 2 is 1.89 bits per heavy atom. The van der Waals surface area contributed by atoms with E-state index in [2.05, 4.69) is 5.32 Å². The van der Waals surface area contributed by atoms with Gasteiger partial charge in [-0.1, -0.05) is 41.9 Å². The van der Waals surface area contributed by atoms with E-state index in [1.807, 2.05) is 50.2 Å². The predicted molar refractivity (Wildman–Crippen MR) is 107 cm³/mol. The predicted octanol–water partition coefficient (Wildman–Crippen LogP) is 3.50. The normalized spacial score (nSPS) is 11.6. The molecule has 5 nitrogen and oxygen atoms in total. The van der Waals surface area contributed by atoms with Crippen molar-refractivity contribution in [1.29, 1.82) is 0 Å². The Morgan fingerprint density at radius 3 is 2.56 bits per heavy atom. The van der Waals surface area contributed by atoms with Crippen LogP contribution in [-0.2, 0) is 16.1 Å². The SMILES string of the molecule is CNC(=O)C(C)N(Cc1ccccc1Cl)C(=O)COc1cc(C)ccc1C. The van der Waals surface area contributed by atoms with E-state index in [-0.39, 0.29) is 25.0 Å². The Labute approximate surface area is 165 Å². The first kappa shape index (κ1) is 20.8. The highest BCUT2D eigenvalue weighted by Crippen LogP contribution is 2.21. The average Bonchev–Trinajstić information content (AvgIpc) is 2.66. The van der Waals surface area contributed by atoms with E-state index < -0.39 is 6.04 Å². The number of amides is 2. The van der Waals surface area contributed by atoms with Crippen LogP contribution in [0.4, 0.5) is 0 Å². The summed E-state index contributed by atoms with van der Waals surface area (Å²) in [6.07, 6.45) is 0. The van der Waals surface area contributed by atoms with E-state index in [4.69, 9.17) is 16.3 Å². The molecule has 0 heterocycles. The van der Waals surface area contributed by atoms with E-state index in [0.29, 0.717) is 10.8 Å². The maximum atomic E-state index is 12.9. The van der Waals surface area contributed by atoms with Crippen LogP contribution in [0.1, 0.15) is 23.6 Å². The first-order chi connectivity index (χ1) is 12.8. The zero-order valence-electron chi connectivity index (χ0n) is 16.1. The lowest BCUT2D eigenvalue weighted by molar-refractivity contribution is -0.142. The third kappa shape index (κ3) is 5.47. The number of aryl methyl sites for hydroxylation is 2. The fraction of sp³-hybridized carbons (Fsp3) is 0.333. The van der Waals surface area contributed by atoms with Gasteiger partial charge in [0.25, 0.3) is 5.91 Å². The van der Waals surface area contributed by atoms with Crippen molar-refractivity contribution in [3.05, 3.63) is 64.2 Å². The molecule has 0 spiro atoms. The van der Waals surface area contributed by atoms with Crippen molar-refractivity contribution in [3.63, 3.8) is 0 Å². The van der Waals surface area contributed by atoms with E-state index in [1.54, 1.807) is 20.0 Å². The minimum absolute atomic E-state index is 0.157. The van der Waals surface area contributed by atoms with Crippen molar-refractivity contribution in [2.24, 2.45) is 0 Å². The minimum Gasteiger partial charge on any atom is -0.483 e. The molecule has 0 aromatic heterocycles. The Balaban J connectivity index is 2.18. The summed E-state index contributed by atoms with van der Waals surface area (Å²) in [6.45, 7) is 5.64. The van der Waals surface area contributed by atoms with Crippen LogP contribution in [0.15, 0.2) is 42.5 Å². The fourth-order valence-electron chi connectivity index (χ4n) is 2.69. The zero-order valence-corrected chi connectivity index (χ0v) is 16.8. The number of carbonyl (C=O) groups is 2. The highest BCUT2D eigenvalue weighted by Gasteiger charge is 2.26. The van der Waals surface area contributed by atoms with E-state index in [1.165, 1.54) is 4.90 Å². The Morgan fingerprint density at radius 1 is 1.19 bits per heavy atom. The van der Waals surface area contributed by atoms with Crippen LogP contribution in [0.3, 0.4) is 0 Å². The molecule has 1 unspecified atom stereocenters. The molecule has 2 rings (SSSR count). The number of hydrogen-bond acceptors (Lipinski definition) is 3. The van der Waals surface area contributed by atoms with Gasteiger partial charge in [0.05, 0.1) is 0 Å². The fourth-order valence-corrected chi connectivity index (χ4v) is 2.88. The molecule has 0 aliphatic heterocycles. The Hall–Kier alpha value is -2.53. The second kappa shape index (κ2) is 9.42. The number of benzene rings is 2. The molecule has 0 saturated heterocycles. The minimum atomic E-state index is -0.652. The zero-order chi connectivity index (χ0) is 20.0. The van der Waals surface area contributed by atoms with Gasteiger partial charge >= 0.3 is 0 Å². The van der Waals surface area contributed by atoms with Gasteiger partial charge < -0.3 is 15.0 Å². The van der Waals surface area contributed by atoms with Crippen molar-refractivity contribution in [3.8, 4) is 5.75 Å². The second-order valence-electron chi connectivity index (χ2n) is 6.46. The summed E-state index contributed by atoms with van der Waals surface area (Å²) in [6, 6.07) is 12.4. The van der Waals surface area contributed by atoms with E-state index in [0.717, 1.165) is 16.7 Å². The number of nitrogens with zero attached hydrogens (tertiary/aromatic N) is 1. The van der Waals surface area contributed by atoms with Gasteiger partial charge in [-0.15, -0.1) is 0 Å². The smallest absolute Gasteiger partial charge is 0.261 e. The summed E-state index contributed by atoms with van der Waals surface area (Å²) >= 11 is 6.23. The van der Waals surface area contributed by atoms with Gasteiger partial charge in [-0.3, -0.25) is 9.59 Å². The van der Waals surface area contributed by atoms with Gasteiger partial charge in [0, 0.05) is 18.6 Å². The summed E-state index contributed by atoms with van der Waals surface area (Å²) in [7, 11) is 1.55. The number of hydrogen-bond donors (Lipinski definition) is 1. The lowest BCUT2D eigenvalue weighted by atomic mass is 10.1. The molecule has 2 aromatic rings. The summed E-state index contributed by atoms with van der Waals surface area (Å²) in [5.41, 5.74) is 2.77. The molecule has 2 aromatic carbocycles. The summed E-state index contributed by atoms with van der Waals surface area (Å²) in [5.74, 6) is 0.128. The molecule has 0 bridgehead atoms. The Kier molecular flexibility index (Phi) is 7.25. The van der Waals surface area contributed by atoms with Gasteiger partial charge in [0.1, 0.15) is 11.8 Å². The quantitative estimate of drug-likeness (QED) is 0.789. The number of halogens is 1. The first-order valence-electron chi connectivity index (χ1n) is 8.78. The molecule has 6 heteroatoms. The number of ether oxygens (including phenoxy) is 1. The lowest BCUT2D eigenvalue weighted by Crippen LogP contribution is -2.48. The lowest BCUT2D eigenvalue weighted by Gasteiger charge is -2.28. The largest absolute Gasteiger partial charge is 0.483 e. The summed E-state index contributed by atoms with van der Waals surface area (Å²) < 4.78 is 5.74. The molecular weight excluding hydrogens is 364 g/mol. The maximum absolute atomic E-state index is 12.9. The summed E-state index contributed by atoms with van der Waals surface area (Å²) in [5, 5.41) is 3.14. The molecule has 0 radical (unpaired) electrons. The van der Waals surface area contributed by atoms with Crippen LogP contribution in [0.2, 0.25) is 5.02 Å². The van der Waals surface area contributed by atoms with Crippen molar-refractivity contribution in [2.75, 3.05) is 13.7 Å². The van der Waals surface area contributed by atoms with Gasteiger partial charge in [0.2, 0.25) is 5.91 Å². The van der Waals surface area contributed by atoms with E-state index in [9.17, 15) is 9.59 Å². The van der Waals surface area contributed by atoms with Crippen LogP contribution in [0, 0.1) is 13.8 Å². The van der Waals surface area contributed by atoms with Crippen molar-refractivity contribution >= 4 is 23.4 Å². The van der Waals surface area contributed by atoms with Gasteiger partial charge in [-0.2, -0.15) is 0 Å². The number of rotatable bonds is 7. The third-order valence-electron chi connectivity index (χ3n) is 4.41. The monoisotopic (exact) mass is 388 g/mol. The molecule has 27 heavy (non-hydrogen) atoms.